The number of methoxy groups -OCH3 is 1. The molecule has 3 nitrogen and oxygen atoms in total. The number of hydrogen-bond acceptors (Lipinski definition) is 3. The Morgan fingerprint density at radius 1 is 1.38 bits per heavy atom. The number of piperazine rings is 1. The van der Waals surface area contributed by atoms with Crippen LogP contribution in [0.15, 0.2) is 21.1 Å². The summed E-state index contributed by atoms with van der Waals surface area (Å²) in [5.41, 5.74) is 1.21. The maximum absolute atomic E-state index is 5.45. The molecule has 1 aliphatic heterocycles. The first kappa shape index (κ1) is 17.1. The van der Waals surface area contributed by atoms with Crippen LogP contribution in [0.3, 0.4) is 0 Å². The Labute approximate surface area is 144 Å². The molecule has 1 aromatic rings. The van der Waals surface area contributed by atoms with Crippen molar-refractivity contribution < 1.29 is 4.74 Å². The molecule has 0 aliphatic carbocycles. The molecule has 0 radical (unpaired) electrons. The van der Waals surface area contributed by atoms with Gasteiger partial charge in [0.1, 0.15) is 5.75 Å². The van der Waals surface area contributed by atoms with E-state index in [1.807, 2.05) is 0 Å². The number of benzene rings is 1. The molecule has 5 heteroatoms. The lowest BCUT2D eigenvalue weighted by Gasteiger charge is -2.43. The highest BCUT2D eigenvalue weighted by atomic mass is 79.9. The van der Waals surface area contributed by atoms with Crippen molar-refractivity contribution in [3.63, 3.8) is 0 Å². The zero-order valence-corrected chi connectivity index (χ0v) is 16.3. The van der Waals surface area contributed by atoms with Crippen molar-refractivity contribution in [3.8, 4) is 5.75 Å². The number of hydrogen-bond donors (Lipinski definition) is 1. The lowest BCUT2D eigenvalue weighted by atomic mass is 9.95. The largest absolute Gasteiger partial charge is 0.495 e. The van der Waals surface area contributed by atoms with Crippen LogP contribution < -0.4 is 15.0 Å². The first-order valence-corrected chi connectivity index (χ1v) is 9.09. The highest BCUT2D eigenvalue weighted by Crippen LogP contribution is 2.38. The third-order valence-electron chi connectivity index (χ3n) is 4.46. The van der Waals surface area contributed by atoms with Gasteiger partial charge in [0, 0.05) is 35.7 Å². The zero-order chi connectivity index (χ0) is 15.6. The number of nitrogens with one attached hydrogen (secondary N) is 1. The van der Waals surface area contributed by atoms with Crippen LogP contribution in [-0.4, -0.2) is 32.3 Å². The van der Waals surface area contributed by atoms with E-state index >= 15 is 0 Å². The minimum absolute atomic E-state index is 0.465. The molecule has 3 unspecified atom stereocenters. The Balaban J connectivity index is 2.30. The van der Waals surface area contributed by atoms with Gasteiger partial charge in [-0.1, -0.05) is 20.3 Å². The average Bonchev–Trinajstić information content (AvgIpc) is 2.47. The van der Waals surface area contributed by atoms with Crippen molar-refractivity contribution in [2.24, 2.45) is 5.92 Å². The predicted octanol–water partition coefficient (Wildman–Crippen LogP) is 4.43. The van der Waals surface area contributed by atoms with Gasteiger partial charge in [0.05, 0.1) is 17.3 Å². The monoisotopic (exact) mass is 418 g/mol. The third kappa shape index (κ3) is 3.74. The van der Waals surface area contributed by atoms with E-state index in [1.165, 1.54) is 12.1 Å². The van der Waals surface area contributed by atoms with Crippen LogP contribution in [0.2, 0.25) is 0 Å². The molecule has 1 N–H and O–H groups in total. The summed E-state index contributed by atoms with van der Waals surface area (Å²) in [7, 11) is 1.71. The van der Waals surface area contributed by atoms with Crippen LogP contribution in [0, 0.1) is 5.92 Å². The van der Waals surface area contributed by atoms with E-state index in [4.69, 9.17) is 4.74 Å². The highest BCUT2D eigenvalue weighted by Gasteiger charge is 2.29. The molecule has 0 bridgehead atoms. The van der Waals surface area contributed by atoms with E-state index in [-0.39, 0.29) is 0 Å². The summed E-state index contributed by atoms with van der Waals surface area (Å²) in [6.07, 6.45) is 1.20. The number of anilines is 1. The summed E-state index contributed by atoms with van der Waals surface area (Å²) in [6.45, 7) is 8.89. The molecule has 0 amide bonds. The fraction of sp³-hybridized carbons (Fsp3) is 0.625. The summed E-state index contributed by atoms with van der Waals surface area (Å²) in [6, 6.07) is 5.19. The summed E-state index contributed by atoms with van der Waals surface area (Å²) in [5.74, 6) is 1.55. The zero-order valence-electron chi connectivity index (χ0n) is 13.1. The van der Waals surface area contributed by atoms with Gasteiger partial charge in [0.25, 0.3) is 0 Å². The van der Waals surface area contributed by atoms with Gasteiger partial charge in [-0.2, -0.15) is 0 Å². The lowest BCUT2D eigenvalue weighted by Crippen LogP contribution is -2.57. The number of nitrogens with zero attached hydrogens (tertiary/aromatic N) is 1. The van der Waals surface area contributed by atoms with Crippen LogP contribution >= 0.6 is 31.9 Å². The molecule has 21 heavy (non-hydrogen) atoms. The normalized spacial score (nSPS) is 24.0. The standard InChI is InChI=1S/C16H24Br2N2O/c1-5-10(2)14-9-20(11(3)8-19-14)15-7-16(21-4)13(18)6-12(15)17/h6-7,10-11,14,19H,5,8-9H2,1-4H3. The van der Waals surface area contributed by atoms with Gasteiger partial charge >= 0.3 is 0 Å². The Bertz CT molecular complexity index is 495. The second-order valence-corrected chi connectivity index (χ2v) is 7.55. The van der Waals surface area contributed by atoms with Crippen molar-refractivity contribution in [2.45, 2.75) is 39.3 Å². The van der Waals surface area contributed by atoms with Crippen LogP contribution in [0.4, 0.5) is 5.69 Å². The summed E-state index contributed by atoms with van der Waals surface area (Å²) in [4.78, 5) is 2.48. The fourth-order valence-corrected chi connectivity index (χ4v) is 4.17. The van der Waals surface area contributed by atoms with E-state index in [0.717, 1.165) is 27.8 Å². The molecule has 118 valence electrons. The molecule has 1 fully saturated rings. The third-order valence-corrected chi connectivity index (χ3v) is 5.72. The second-order valence-electron chi connectivity index (χ2n) is 5.84. The van der Waals surface area contributed by atoms with Crippen LogP contribution in [0.5, 0.6) is 5.75 Å². The van der Waals surface area contributed by atoms with Crippen molar-refractivity contribution >= 4 is 37.5 Å². The minimum Gasteiger partial charge on any atom is -0.495 e. The molecular weight excluding hydrogens is 396 g/mol. The van der Waals surface area contributed by atoms with E-state index in [9.17, 15) is 0 Å². The SMILES string of the molecule is CCC(C)C1CN(c2cc(OC)c(Br)cc2Br)C(C)CN1. The Hall–Kier alpha value is -0.260. The van der Waals surface area contributed by atoms with Crippen molar-refractivity contribution in [1.29, 1.82) is 0 Å². The molecule has 0 spiro atoms. The fourth-order valence-electron chi connectivity index (χ4n) is 2.78. The molecule has 1 aromatic carbocycles. The number of rotatable bonds is 4. The van der Waals surface area contributed by atoms with Gasteiger partial charge in [0.2, 0.25) is 0 Å². The van der Waals surface area contributed by atoms with Gasteiger partial charge in [-0.3, -0.25) is 0 Å². The van der Waals surface area contributed by atoms with E-state index < -0.39 is 0 Å². The van der Waals surface area contributed by atoms with Crippen LogP contribution in [-0.2, 0) is 0 Å². The van der Waals surface area contributed by atoms with Crippen LogP contribution in [0.25, 0.3) is 0 Å². The molecule has 2 rings (SSSR count). The maximum atomic E-state index is 5.45. The average molecular weight is 420 g/mol. The quantitative estimate of drug-likeness (QED) is 0.780. The Morgan fingerprint density at radius 3 is 2.71 bits per heavy atom. The van der Waals surface area contributed by atoms with Gasteiger partial charge in [-0.05, 0) is 50.8 Å². The lowest BCUT2D eigenvalue weighted by molar-refractivity contribution is 0.315. The first-order chi connectivity index (χ1) is 9.97. The van der Waals surface area contributed by atoms with E-state index in [1.54, 1.807) is 7.11 Å². The van der Waals surface area contributed by atoms with Gasteiger partial charge < -0.3 is 15.0 Å². The summed E-state index contributed by atoms with van der Waals surface area (Å²) < 4.78 is 7.53. The molecule has 0 saturated carbocycles. The van der Waals surface area contributed by atoms with Crippen molar-refractivity contribution in [3.05, 3.63) is 21.1 Å². The van der Waals surface area contributed by atoms with Gasteiger partial charge in [-0.15, -0.1) is 0 Å². The van der Waals surface area contributed by atoms with Crippen molar-refractivity contribution in [1.82, 2.24) is 5.32 Å². The molecule has 1 aliphatic rings. The summed E-state index contributed by atoms with van der Waals surface area (Å²) in [5, 5.41) is 3.68. The minimum atomic E-state index is 0.465. The number of ether oxygens (including phenoxy) is 1. The first-order valence-electron chi connectivity index (χ1n) is 7.51. The highest BCUT2D eigenvalue weighted by molar-refractivity contribution is 9.11. The second kappa shape index (κ2) is 7.34. The van der Waals surface area contributed by atoms with E-state index in [2.05, 4.69) is 75.0 Å². The van der Waals surface area contributed by atoms with E-state index in [0.29, 0.717) is 18.0 Å². The van der Waals surface area contributed by atoms with Gasteiger partial charge in [-0.25, -0.2) is 0 Å². The van der Waals surface area contributed by atoms with Crippen LogP contribution in [0.1, 0.15) is 27.2 Å². The Kier molecular flexibility index (Phi) is 5.97. The molecule has 1 saturated heterocycles. The summed E-state index contributed by atoms with van der Waals surface area (Å²) >= 11 is 7.24. The maximum Gasteiger partial charge on any atom is 0.135 e. The predicted molar refractivity (Wildman–Crippen MR) is 96.4 cm³/mol. The molecular formula is C16H24Br2N2O. The van der Waals surface area contributed by atoms with Gasteiger partial charge in [0.15, 0.2) is 0 Å². The topological polar surface area (TPSA) is 24.5 Å². The number of halogens is 2. The smallest absolute Gasteiger partial charge is 0.135 e. The Morgan fingerprint density at radius 2 is 2.10 bits per heavy atom. The van der Waals surface area contributed by atoms with Crippen molar-refractivity contribution in [2.75, 3.05) is 25.1 Å². The molecule has 0 aromatic heterocycles. The molecule has 3 atom stereocenters. The molecule has 1 heterocycles.